The fourth-order valence-electron chi connectivity index (χ4n) is 3.36. The van der Waals surface area contributed by atoms with Crippen molar-refractivity contribution < 1.29 is 4.79 Å². The molecule has 24 heavy (non-hydrogen) atoms. The van der Waals surface area contributed by atoms with E-state index < -0.39 is 5.54 Å². The van der Waals surface area contributed by atoms with Crippen LogP contribution in [0.15, 0.2) is 67.3 Å². The molecule has 1 fully saturated rings. The van der Waals surface area contributed by atoms with Gasteiger partial charge in [0.2, 0.25) is 5.91 Å². The summed E-state index contributed by atoms with van der Waals surface area (Å²) in [5, 5.41) is 6.38. The smallest absolute Gasteiger partial charge is 0.240 e. The normalized spacial score (nSPS) is 19.8. The molecule has 124 valence electrons. The average Bonchev–Trinajstić information content (AvgIpc) is 3.11. The molecule has 1 saturated heterocycles. The van der Waals surface area contributed by atoms with Crippen molar-refractivity contribution in [3.8, 4) is 11.1 Å². The van der Waals surface area contributed by atoms with Crippen molar-refractivity contribution in [2.75, 3.05) is 13.1 Å². The third-order valence-electron chi connectivity index (χ3n) is 4.65. The summed E-state index contributed by atoms with van der Waals surface area (Å²) >= 11 is 0. The minimum atomic E-state index is -0.489. The highest BCUT2D eigenvalue weighted by molar-refractivity contribution is 5.87. The fraction of sp³-hybridized carbons (Fsp3) is 0.286. The molecule has 1 amide bonds. The van der Waals surface area contributed by atoms with Crippen molar-refractivity contribution in [1.82, 2.24) is 10.6 Å². The van der Waals surface area contributed by atoms with E-state index in [1.54, 1.807) is 6.08 Å². The monoisotopic (exact) mass is 320 g/mol. The van der Waals surface area contributed by atoms with Crippen LogP contribution in [0.1, 0.15) is 18.4 Å². The molecule has 2 aromatic carbocycles. The average molecular weight is 320 g/mol. The SMILES string of the molecule is C=CCNC(=O)C1(Cc2ccc(-c3ccccc3)cc2)CCCN1. The van der Waals surface area contributed by atoms with Crippen molar-refractivity contribution in [3.05, 3.63) is 72.8 Å². The maximum Gasteiger partial charge on any atom is 0.240 e. The summed E-state index contributed by atoms with van der Waals surface area (Å²) < 4.78 is 0. The Hall–Kier alpha value is -2.39. The Morgan fingerprint density at radius 3 is 2.46 bits per heavy atom. The summed E-state index contributed by atoms with van der Waals surface area (Å²) in [5.74, 6) is 0.0760. The Balaban J connectivity index is 1.76. The molecular weight excluding hydrogens is 296 g/mol. The lowest BCUT2D eigenvalue weighted by atomic mass is 9.87. The second kappa shape index (κ2) is 7.45. The molecule has 1 aliphatic heterocycles. The van der Waals surface area contributed by atoms with Crippen LogP contribution in [0.2, 0.25) is 0 Å². The van der Waals surface area contributed by atoms with Gasteiger partial charge in [0.25, 0.3) is 0 Å². The van der Waals surface area contributed by atoms with Crippen molar-refractivity contribution in [3.63, 3.8) is 0 Å². The van der Waals surface area contributed by atoms with Crippen molar-refractivity contribution in [1.29, 1.82) is 0 Å². The predicted molar refractivity (Wildman–Crippen MR) is 98.8 cm³/mol. The Kier molecular flexibility index (Phi) is 5.11. The van der Waals surface area contributed by atoms with Gasteiger partial charge in [-0.05, 0) is 42.5 Å². The zero-order valence-electron chi connectivity index (χ0n) is 13.9. The van der Waals surface area contributed by atoms with E-state index in [9.17, 15) is 4.79 Å². The Morgan fingerprint density at radius 1 is 1.12 bits per heavy atom. The molecule has 0 aliphatic carbocycles. The minimum absolute atomic E-state index is 0.0760. The van der Waals surface area contributed by atoms with Gasteiger partial charge in [0, 0.05) is 6.54 Å². The Labute approximate surface area is 143 Å². The van der Waals surface area contributed by atoms with E-state index in [1.807, 2.05) is 18.2 Å². The third kappa shape index (κ3) is 3.57. The van der Waals surface area contributed by atoms with Crippen molar-refractivity contribution in [2.45, 2.75) is 24.8 Å². The molecule has 0 saturated carbocycles. The highest BCUT2D eigenvalue weighted by Crippen LogP contribution is 2.26. The molecule has 0 aromatic heterocycles. The van der Waals surface area contributed by atoms with Gasteiger partial charge in [-0.15, -0.1) is 6.58 Å². The van der Waals surface area contributed by atoms with Gasteiger partial charge in [0.05, 0.1) is 0 Å². The van der Waals surface area contributed by atoms with Crippen LogP contribution >= 0.6 is 0 Å². The number of hydrogen-bond acceptors (Lipinski definition) is 2. The molecule has 1 aliphatic rings. The predicted octanol–water partition coefficient (Wildman–Crippen LogP) is 3.32. The zero-order valence-corrected chi connectivity index (χ0v) is 13.9. The summed E-state index contributed by atoms with van der Waals surface area (Å²) in [6, 6.07) is 18.9. The van der Waals surface area contributed by atoms with E-state index in [1.165, 1.54) is 16.7 Å². The van der Waals surface area contributed by atoms with E-state index in [2.05, 4.69) is 53.6 Å². The van der Waals surface area contributed by atoms with E-state index >= 15 is 0 Å². The van der Waals surface area contributed by atoms with Crippen LogP contribution < -0.4 is 10.6 Å². The molecule has 2 N–H and O–H groups in total. The van der Waals surface area contributed by atoms with Crippen LogP contribution in [-0.2, 0) is 11.2 Å². The van der Waals surface area contributed by atoms with Crippen LogP contribution in [0.25, 0.3) is 11.1 Å². The Bertz CT molecular complexity index is 686. The van der Waals surface area contributed by atoms with Crippen molar-refractivity contribution >= 4 is 5.91 Å². The molecule has 0 radical (unpaired) electrons. The van der Waals surface area contributed by atoms with Crippen molar-refractivity contribution in [2.24, 2.45) is 0 Å². The molecule has 0 bridgehead atoms. The van der Waals surface area contributed by atoms with Gasteiger partial charge in [-0.3, -0.25) is 4.79 Å². The number of nitrogens with one attached hydrogen (secondary N) is 2. The molecule has 1 atom stereocenters. The maximum atomic E-state index is 12.6. The lowest BCUT2D eigenvalue weighted by Gasteiger charge is -2.28. The minimum Gasteiger partial charge on any atom is -0.351 e. The first-order chi connectivity index (χ1) is 11.7. The summed E-state index contributed by atoms with van der Waals surface area (Å²) in [4.78, 5) is 12.6. The standard InChI is InChI=1S/C21H24N2O/c1-2-14-22-20(24)21(13-6-15-23-21)16-17-9-11-19(12-10-17)18-7-4-3-5-8-18/h2-5,7-12,23H,1,6,13-16H2,(H,22,24). The lowest BCUT2D eigenvalue weighted by molar-refractivity contribution is -0.126. The number of carbonyl (C=O) groups is 1. The van der Waals surface area contributed by atoms with E-state index in [-0.39, 0.29) is 5.91 Å². The van der Waals surface area contributed by atoms with Crippen LogP contribution in [0.3, 0.4) is 0 Å². The first-order valence-corrected chi connectivity index (χ1v) is 8.52. The van der Waals surface area contributed by atoms with Crippen LogP contribution in [-0.4, -0.2) is 24.5 Å². The molecular formula is C21H24N2O. The van der Waals surface area contributed by atoms with Gasteiger partial charge in [0.1, 0.15) is 5.54 Å². The van der Waals surface area contributed by atoms with Crippen LogP contribution in [0.4, 0.5) is 0 Å². The summed E-state index contributed by atoms with van der Waals surface area (Å²) in [6.07, 6.45) is 4.33. The molecule has 3 rings (SSSR count). The number of amides is 1. The second-order valence-electron chi connectivity index (χ2n) is 6.35. The Morgan fingerprint density at radius 2 is 1.83 bits per heavy atom. The zero-order chi connectivity index (χ0) is 16.8. The number of benzene rings is 2. The maximum absolute atomic E-state index is 12.6. The van der Waals surface area contributed by atoms with Gasteiger partial charge in [0.15, 0.2) is 0 Å². The summed E-state index contributed by atoms with van der Waals surface area (Å²) in [6.45, 7) is 5.07. The largest absolute Gasteiger partial charge is 0.351 e. The summed E-state index contributed by atoms with van der Waals surface area (Å²) in [7, 11) is 0. The molecule has 3 nitrogen and oxygen atoms in total. The molecule has 2 aromatic rings. The molecule has 1 heterocycles. The molecule has 1 unspecified atom stereocenters. The topological polar surface area (TPSA) is 41.1 Å². The van der Waals surface area contributed by atoms with Gasteiger partial charge < -0.3 is 10.6 Å². The van der Waals surface area contributed by atoms with E-state index in [0.717, 1.165) is 19.4 Å². The van der Waals surface area contributed by atoms with Gasteiger partial charge in [-0.25, -0.2) is 0 Å². The van der Waals surface area contributed by atoms with Gasteiger partial charge >= 0.3 is 0 Å². The quantitative estimate of drug-likeness (QED) is 0.802. The highest BCUT2D eigenvalue weighted by Gasteiger charge is 2.40. The first kappa shape index (κ1) is 16.5. The molecule has 0 spiro atoms. The highest BCUT2D eigenvalue weighted by atomic mass is 16.2. The number of rotatable bonds is 6. The second-order valence-corrected chi connectivity index (χ2v) is 6.35. The number of carbonyl (C=O) groups excluding carboxylic acids is 1. The third-order valence-corrected chi connectivity index (χ3v) is 4.65. The first-order valence-electron chi connectivity index (χ1n) is 8.52. The lowest BCUT2D eigenvalue weighted by Crippen LogP contribution is -2.55. The van der Waals surface area contributed by atoms with Crippen LogP contribution in [0.5, 0.6) is 0 Å². The fourth-order valence-corrected chi connectivity index (χ4v) is 3.36. The van der Waals surface area contributed by atoms with E-state index in [4.69, 9.17) is 0 Å². The molecule has 3 heteroatoms. The van der Waals surface area contributed by atoms with Gasteiger partial charge in [-0.2, -0.15) is 0 Å². The number of hydrogen-bond donors (Lipinski definition) is 2. The van der Waals surface area contributed by atoms with Gasteiger partial charge in [-0.1, -0.05) is 60.7 Å². The summed E-state index contributed by atoms with van der Waals surface area (Å²) in [5.41, 5.74) is 3.10. The van der Waals surface area contributed by atoms with Crippen LogP contribution in [0, 0.1) is 0 Å². The van der Waals surface area contributed by atoms with E-state index in [0.29, 0.717) is 13.0 Å².